The minimum absolute atomic E-state index is 0.00755. The van der Waals surface area contributed by atoms with E-state index in [2.05, 4.69) is 9.84 Å². The van der Waals surface area contributed by atoms with E-state index in [1.54, 1.807) is 18.2 Å². The maximum atomic E-state index is 11.5. The van der Waals surface area contributed by atoms with Crippen LogP contribution < -0.4 is 0 Å². The number of hydrogen-bond donors (Lipinski definition) is 0. The first-order valence-electron chi connectivity index (χ1n) is 5.46. The van der Waals surface area contributed by atoms with E-state index < -0.39 is 5.97 Å². The highest BCUT2D eigenvalue weighted by molar-refractivity contribution is 6.30. The standard InChI is InChI=1S/C13H11ClN2O3/c1-8-5-10(14)3-4-11(8)16-6-9(7-17)12(15-16)13(18)19-2/h3-7H,1-2H3. The molecule has 19 heavy (non-hydrogen) atoms. The third-order valence-electron chi connectivity index (χ3n) is 2.65. The number of esters is 1. The van der Waals surface area contributed by atoms with Gasteiger partial charge in [-0.2, -0.15) is 5.10 Å². The van der Waals surface area contributed by atoms with Gasteiger partial charge >= 0.3 is 5.97 Å². The number of carbonyl (C=O) groups excluding carboxylic acids is 2. The molecule has 0 atom stereocenters. The molecule has 0 unspecified atom stereocenters. The van der Waals surface area contributed by atoms with Crippen molar-refractivity contribution in [2.45, 2.75) is 6.92 Å². The van der Waals surface area contributed by atoms with E-state index in [9.17, 15) is 9.59 Å². The molecule has 1 aromatic heterocycles. The lowest BCUT2D eigenvalue weighted by atomic mass is 10.2. The zero-order valence-electron chi connectivity index (χ0n) is 10.4. The second-order valence-electron chi connectivity index (χ2n) is 3.92. The Bertz CT molecular complexity index is 649. The maximum Gasteiger partial charge on any atom is 0.359 e. The van der Waals surface area contributed by atoms with Gasteiger partial charge in [0, 0.05) is 11.2 Å². The van der Waals surface area contributed by atoms with Crippen molar-refractivity contribution in [2.24, 2.45) is 0 Å². The lowest BCUT2D eigenvalue weighted by Crippen LogP contribution is -2.06. The van der Waals surface area contributed by atoms with E-state index in [4.69, 9.17) is 11.6 Å². The summed E-state index contributed by atoms with van der Waals surface area (Å²) < 4.78 is 6.04. The molecule has 5 nitrogen and oxygen atoms in total. The Balaban J connectivity index is 2.54. The van der Waals surface area contributed by atoms with Gasteiger partial charge in [0.05, 0.1) is 18.4 Å². The number of aldehydes is 1. The molecular formula is C13H11ClN2O3. The molecule has 6 heteroatoms. The van der Waals surface area contributed by atoms with Gasteiger partial charge in [0.15, 0.2) is 12.0 Å². The van der Waals surface area contributed by atoms with E-state index in [-0.39, 0.29) is 11.3 Å². The van der Waals surface area contributed by atoms with Gasteiger partial charge in [-0.3, -0.25) is 4.79 Å². The van der Waals surface area contributed by atoms with Crippen molar-refractivity contribution < 1.29 is 14.3 Å². The minimum Gasteiger partial charge on any atom is -0.464 e. The zero-order valence-corrected chi connectivity index (χ0v) is 11.1. The van der Waals surface area contributed by atoms with Crippen molar-refractivity contribution in [2.75, 3.05) is 7.11 Å². The van der Waals surface area contributed by atoms with Crippen LogP contribution in [-0.4, -0.2) is 29.1 Å². The van der Waals surface area contributed by atoms with E-state index in [1.165, 1.54) is 18.0 Å². The van der Waals surface area contributed by atoms with Crippen molar-refractivity contribution in [1.82, 2.24) is 9.78 Å². The van der Waals surface area contributed by atoms with Crippen LogP contribution in [0.2, 0.25) is 5.02 Å². The summed E-state index contributed by atoms with van der Waals surface area (Å²) in [6.07, 6.45) is 2.05. The topological polar surface area (TPSA) is 61.2 Å². The monoisotopic (exact) mass is 278 g/mol. The Morgan fingerprint density at radius 2 is 2.21 bits per heavy atom. The molecule has 1 aromatic carbocycles. The number of methoxy groups -OCH3 is 1. The summed E-state index contributed by atoms with van der Waals surface area (Å²) in [7, 11) is 1.24. The van der Waals surface area contributed by atoms with Gasteiger partial charge in [-0.05, 0) is 30.7 Å². The molecule has 0 aliphatic carbocycles. The number of nitrogens with zero attached hydrogens (tertiary/aromatic N) is 2. The van der Waals surface area contributed by atoms with Gasteiger partial charge < -0.3 is 4.74 Å². The molecule has 98 valence electrons. The highest BCUT2D eigenvalue weighted by Crippen LogP contribution is 2.19. The van der Waals surface area contributed by atoms with E-state index in [1.807, 2.05) is 6.92 Å². The Labute approximate surface area is 114 Å². The van der Waals surface area contributed by atoms with Crippen LogP contribution in [0.4, 0.5) is 0 Å². The molecule has 0 amide bonds. The summed E-state index contributed by atoms with van der Waals surface area (Å²) in [4.78, 5) is 22.4. The lowest BCUT2D eigenvalue weighted by Gasteiger charge is -2.05. The Kier molecular flexibility index (Phi) is 3.66. The van der Waals surface area contributed by atoms with Crippen molar-refractivity contribution in [3.05, 3.63) is 46.2 Å². The number of benzene rings is 1. The van der Waals surface area contributed by atoms with Gasteiger partial charge in [0.25, 0.3) is 0 Å². The Hall–Kier alpha value is -2.14. The number of halogens is 1. The predicted molar refractivity (Wildman–Crippen MR) is 70.0 cm³/mol. The average Bonchev–Trinajstić information content (AvgIpc) is 2.81. The summed E-state index contributed by atoms with van der Waals surface area (Å²) in [5.74, 6) is -0.646. The van der Waals surface area contributed by atoms with Gasteiger partial charge in [0.2, 0.25) is 0 Å². The summed E-state index contributed by atoms with van der Waals surface area (Å²) in [5.41, 5.74) is 1.79. The van der Waals surface area contributed by atoms with Crippen LogP contribution in [0.25, 0.3) is 5.69 Å². The van der Waals surface area contributed by atoms with Crippen LogP contribution in [0, 0.1) is 6.92 Å². The highest BCUT2D eigenvalue weighted by Gasteiger charge is 2.18. The first kappa shape index (κ1) is 13.3. The number of aromatic nitrogens is 2. The van der Waals surface area contributed by atoms with Crippen LogP contribution in [0.3, 0.4) is 0 Å². The van der Waals surface area contributed by atoms with E-state index in [0.29, 0.717) is 11.3 Å². The fraction of sp³-hybridized carbons (Fsp3) is 0.154. The molecule has 0 bridgehead atoms. The lowest BCUT2D eigenvalue weighted by molar-refractivity contribution is 0.0591. The molecule has 0 N–H and O–H groups in total. The van der Waals surface area contributed by atoms with Gasteiger partial charge in [-0.25, -0.2) is 9.48 Å². The smallest absolute Gasteiger partial charge is 0.359 e. The number of rotatable bonds is 3. The molecule has 0 aliphatic heterocycles. The largest absolute Gasteiger partial charge is 0.464 e. The molecule has 0 spiro atoms. The molecule has 0 radical (unpaired) electrons. The Morgan fingerprint density at radius 1 is 1.47 bits per heavy atom. The van der Waals surface area contributed by atoms with Crippen LogP contribution >= 0.6 is 11.6 Å². The molecule has 0 saturated heterocycles. The summed E-state index contributed by atoms with van der Waals surface area (Å²) in [6.45, 7) is 1.86. The molecule has 1 heterocycles. The van der Waals surface area contributed by atoms with Crippen molar-refractivity contribution in [3.63, 3.8) is 0 Å². The third kappa shape index (κ3) is 2.51. The first-order valence-corrected chi connectivity index (χ1v) is 5.84. The van der Waals surface area contributed by atoms with Gasteiger partial charge in [-0.15, -0.1) is 0 Å². The Morgan fingerprint density at radius 3 is 2.79 bits per heavy atom. The van der Waals surface area contributed by atoms with Crippen LogP contribution in [-0.2, 0) is 4.74 Å². The van der Waals surface area contributed by atoms with Crippen LogP contribution in [0.1, 0.15) is 26.4 Å². The van der Waals surface area contributed by atoms with E-state index in [0.717, 1.165) is 11.3 Å². The molecule has 0 fully saturated rings. The second kappa shape index (κ2) is 5.24. The number of ether oxygens (including phenoxy) is 1. The zero-order chi connectivity index (χ0) is 14.0. The van der Waals surface area contributed by atoms with E-state index >= 15 is 0 Å². The predicted octanol–water partition coefficient (Wildman–Crippen LogP) is 2.43. The first-order chi connectivity index (χ1) is 9.06. The quantitative estimate of drug-likeness (QED) is 0.639. The highest BCUT2D eigenvalue weighted by atomic mass is 35.5. The van der Waals surface area contributed by atoms with Crippen LogP contribution in [0.5, 0.6) is 0 Å². The number of hydrogen-bond acceptors (Lipinski definition) is 4. The third-order valence-corrected chi connectivity index (χ3v) is 2.89. The molecule has 0 saturated carbocycles. The van der Waals surface area contributed by atoms with Crippen molar-refractivity contribution in [1.29, 1.82) is 0 Å². The summed E-state index contributed by atoms with van der Waals surface area (Å²) >= 11 is 5.88. The second-order valence-corrected chi connectivity index (χ2v) is 4.35. The summed E-state index contributed by atoms with van der Waals surface area (Å²) in [5, 5.41) is 4.69. The molecule has 2 rings (SSSR count). The van der Waals surface area contributed by atoms with Crippen LogP contribution in [0.15, 0.2) is 24.4 Å². The average molecular weight is 279 g/mol. The molecule has 0 aliphatic rings. The minimum atomic E-state index is -0.646. The molecule has 2 aromatic rings. The maximum absolute atomic E-state index is 11.5. The summed E-state index contributed by atoms with van der Waals surface area (Å²) in [6, 6.07) is 5.25. The van der Waals surface area contributed by atoms with Crippen molar-refractivity contribution in [3.8, 4) is 5.69 Å². The van der Waals surface area contributed by atoms with Gasteiger partial charge in [-0.1, -0.05) is 11.6 Å². The molecular weight excluding hydrogens is 268 g/mol. The van der Waals surface area contributed by atoms with Crippen molar-refractivity contribution >= 4 is 23.9 Å². The van der Waals surface area contributed by atoms with Gasteiger partial charge in [0.1, 0.15) is 0 Å². The fourth-order valence-corrected chi connectivity index (χ4v) is 1.95. The normalized spacial score (nSPS) is 10.3. The fourth-order valence-electron chi connectivity index (χ4n) is 1.73. The number of carbonyl (C=O) groups is 2. The SMILES string of the molecule is COC(=O)c1nn(-c2ccc(Cl)cc2C)cc1C=O. The number of aryl methyl sites for hydroxylation is 1.